The summed E-state index contributed by atoms with van der Waals surface area (Å²) in [7, 11) is 0. The monoisotopic (exact) mass is 371 g/mol. The number of hydrogen-bond acceptors (Lipinski definition) is 1. The summed E-state index contributed by atoms with van der Waals surface area (Å²) in [6.45, 7) is 5.81. The number of rotatable bonds is 2. The number of allylic oxidation sites excluding steroid dienone is 6. The minimum absolute atomic E-state index is 0.141. The fourth-order valence-corrected chi connectivity index (χ4v) is 4.56. The molecule has 3 aromatic rings. The largest absolute Gasteiger partial charge is 0.261 e. The molecule has 2 aliphatic carbocycles. The molecule has 1 nitrogen and oxygen atoms in total. The minimum Gasteiger partial charge on any atom is -0.261 e. The first kappa shape index (κ1) is 17.4. The van der Waals surface area contributed by atoms with Crippen LogP contribution in [-0.2, 0) is 0 Å². The number of benzene rings is 3. The predicted octanol–water partition coefficient (Wildman–Crippen LogP) is 7.63. The van der Waals surface area contributed by atoms with Gasteiger partial charge in [0.2, 0.25) is 0 Å². The number of aliphatic imine (C=N–C) groups is 1. The maximum Gasteiger partial charge on any atom is 0.0757 e. The van der Waals surface area contributed by atoms with Gasteiger partial charge in [0, 0.05) is 17.7 Å². The van der Waals surface area contributed by atoms with Gasteiger partial charge in [0.1, 0.15) is 0 Å². The lowest BCUT2D eigenvalue weighted by Crippen LogP contribution is -1.99. The van der Waals surface area contributed by atoms with Crippen molar-refractivity contribution < 1.29 is 0 Å². The van der Waals surface area contributed by atoms with E-state index >= 15 is 0 Å². The van der Waals surface area contributed by atoms with Gasteiger partial charge in [-0.15, -0.1) is 5.73 Å². The van der Waals surface area contributed by atoms with Crippen molar-refractivity contribution in [2.45, 2.75) is 12.8 Å². The molecule has 0 aromatic heterocycles. The SMILES string of the molecule is C=C=Cc1c(/N=C\C)c2c(c3ccccc13)-c1ccccc1C1=CC2C=CC=C1. The van der Waals surface area contributed by atoms with Gasteiger partial charge in [-0.05, 0) is 51.6 Å². The smallest absolute Gasteiger partial charge is 0.0757 e. The summed E-state index contributed by atoms with van der Waals surface area (Å²) in [4.78, 5) is 4.87. The molecule has 0 aliphatic heterocycles. The van der Waals surface area contributed by atoms with Crippen molar-refractivity contribution in [3.8, 4) is 11.1 Å². The standard InChI is InChI=1S/C28H21N/c1-3-11-25-22-15-8-10-17-24(22)27-23-16-9-7-14-21(23)19-12-5-6-13-20(18-19)26(27)28(25)29-4-2/h4-18,20H,1H2,2H3/b29-4-. The summed E-state index contributed by atoms with van der Waals surface area (Å²) in [5.41, 5.74) is 11.4. The first-order valence-corrected chi connectivity index (χ1v) is 9.93. The second-order valence-electron chi connectivity index (χ2n) is 7.27. The van der Waals surface area contributed by atoms with Crippen LogP contribution in [0.25, 0.3) is 33.5 Å². The van der Waals surface area contributed by atoms with Crippen LogP contribution in [-0.4, -0.2) is 6.21 Å². The van der Waals surface area contributed by atoms with Crippen LogP contribution in [0, 0.1) is 0 Å². The van der Waals surface area contributed by atoms with E-state index in [4.69, 9.17) is 4.99 Å². The van der Waals surface area contributed by atoms with Gasteiger partial charge in [-0.3, -0.25) is 4.99 Å². The Kier molecular flexibility index (Phi) is 4.24. The molecule has 0 amide bonds. The van der Waals surface area contributed by atoms with Crippen LogP contribution in [0.2, 0.25) is 0 Å². The van der Waals surface area contributed by atoms with E-state index in [0.29, 0.717) is 0 Å². The molecule has 0 radical (unpaired) electrons. The Hall–Kier alpha value is -3.67. The third-order valence-electron chi connectivity index (χ3n) is 5.68. The highest BCUT2D eigenvalue weighted by molar-refractivity contribution is 6.10. The van der Waals surface area contributed by atoms with Gasteiger partial charge in [0.25, 0.3) is 0 Å². The Labute approximate surface area is 171 Å². The van der Waals surface area contributed by atoms with E-state index in [2.05, 4.69) is 91.2 Å². The Balaban J connectivity index is 2.07. The lowest BCUT2D eigenvalue weighted by molar-refractivity contribution is 1.10. The molecule has 2 bridgehead atoms. The molecule has 0 N–H and O–H groups in total. The Morgan fingerprint density at radius 2 is 1.72 bits per heavy atom. The highest BCUT2D eigenvalue weighted by atomic mass is 14.7. The van der Waals surface area contributed by atoms with Gasteiger partial charge in [0.15, 0.2) is 0 Å². The van der Waals surface area contributed by atoms with Crippen LogP contribution >= 0.6 is 0 Å². The molecule has 138 valence electrons. The van der Waals surface area contributed by atoms with Gasteiger partial charge in [-0.1, -0.05) is 85.5 Å². The van der Waals surface area contributed by atoms with Crippen molar-refractivity contribution in [1.29, 1.82) is 0 Å². The molecule has 5 rings (SSSR count). The molecule has 1 unspecified atom stereocenters. The molecule has 0 heterocycles. The zero-order valence-electron chi connectivity index (χ0n) is 16.4. The lowest BCUT2D eigenvalue weighted by Gasteiger charge is -2.22. The molecular weight excluding hydrogens is 350 g/mol. The summed E-state index contributed by atoms with van der Waals surface area (Å²) in [5.74, 6) is 0.141. The van der Waals surface area contributed by atoms with Crippen molar-refractivity contribution in [3.05, 3.63) is 108 Å². The Bertz CT molecular complexity index is 1310. The summed E-state index contributed by atoms with van der Waals surface area (Å²) >= 11 is 0. The zero-order valence-corrected chi connectivity index (χ0v) is 16.4. The Morgan fingerprint density at radius 1 is 0.966 bits per heavy atom. The molecule has 3 aromatic carbocycles. The molecular formula is C28H21N. The molecule has 0 saturated heterocycles. The average molecular weight is 371 g/mol. The van der Waals surface area contributed by atoms with Crippen LogP contribution in [0.4, 0.5) is 5.69 Å². The highest BCUT2D eigenvalue weighted by Crippen LogP contribution is 2.50. The molecule has 29 heavy (non-hydrogen) atoms. The van der Waals surface area contributed by atoms with Crippen molar-refractivity contribution in [2.24, 2.45) is 4.99 Å². The second-order valence-corrected chi connectivity index (χ2v) is 7.27. The third kappa shape index (κ3) is 2.68. The van der Waals surface area contributed by atoms with Crippen molar-refractivity contribution in [3.63, 3.8) is 0 Å². The predicted molar refractivity (Wildman–Crippen MR) is 126 cm³/mol. The van der Waals surface area contributed by atoms with Gasteiger partial charge < -0.3 is 0 Å². The lowest BCUT2D eigenvalue weighted by atomic mass is 9.83. The number of fused-ring (bicyclic) bond motifs is 8. The molecule has 0 saturated carbocycles. The van der Waals surface area contributed by atoms with E-state index < -0.39 is 0 Å². The highest BCUT2D eigenvalue weighted by Gasteiger charge is 2.27. The minimum atomic E-state index is 0.141. The Morgan fingerprint density at radius 3 is 2.52 bits per heavy atom. The van der Waals surface area contributed by atoms with Crippen LogP contribution in [0.1, 0.15) is 29.5 Å². The molecule has 2 aliphatic rings. The van der Waals surface area contributed by atoms with Gasteiger partial charge in [-0.2, -0.15) is 0 Å². The number of nitrogens with zero attached hydrogens (tertiary/aromatic N) is 1. The van der Waals surface area contributed by atoms with Crippen LogP contribution in [0.5, 0.6) is 0 Å². The van der Waals surface area contributed by atoms with E-state index in [1.165, 1.54) is 38.6 Å². The summed E-state index contributed by atoms with van der Waals surface area (Å²) in [6, 6.07) is 17.3. The fraction of sp³-hybridized carbons (Fsp3) is 0.0714. The van der Waals surface area contributed by atoms with Crippen LogP contribution in [0.15, 0.2) is 96.2 Å². The maximum atomic E-state index is 4.87. The number of hydrogen-bond donors (Lipinski definition) is 0. The van der Waals surface area contributed by atoms with E-state index in [1.54, 1.807) is 0 Å². The summed E-state index contributed by atoms with van der Waals surface area (Å²) in [6.07, 6.45) is 14.9. The molecule has 0 spiro atoms. The molecule has 0 fully saturated rings. The quantitative estimate of drug-likeness (QED) is 0.324. The maximum absolute atomic E-state index is 4.87. The normalized spacial score (nSPS) is 16.6. The summed E-state index contributed by atoms with van der Waals surface area (Å²) < 4.78 is 0. The van der Waals surface area contributed by atoms with E-state index in [-0.39, 0.29) is 5.92 Å². The molecule has 1 atom stereocenters. The van der Waals surface area contributed by atoms with E-state index in [0.717, 1.165) is 11.3 Å². The summed E-state index contributed by atoms with van der Waals surface area (Å²) in [5, 5.41) is 2.42. The van der Waals surface area contributed by atoms with Crippen LogP contribution in [0.3, 0.4) is 0 Å². The average Bonchev–Trinajstić information content (AvgIpc) is 3.08. The van der Waals surface area contributed by atoms with Gasteiger partial charge in [-0.25, -0.2) is 0 Å². The first-order valence-electron chi connectivity index (χ1n) is 9.93. The fourth-order valence-electron chi connectivity index (χ4n) is 4.56. The van der Waals surface area contributed by atoms with Crippen molar-refractivity contribution in [1.82, 2.24) is 0 Å². The molecule has 1 heteroatoms. The third-order valence-corrected chi connectivity index (χ3v) is 5.68. The second kappa shape index (κ2) is 7.05. The first-order chi connectivity index (χ1) is 14.3. The van der Waals surface area contributed by atoms with E-state index in [9.17, 15) is 0 Å². The van der Waals surface area contributed by atoms with Gasteiger partial charge in [0.05, 0.1) is 5.69 Å². The van der Waals surface area contributed by atoms with Crippen molar-refractivity contribution >= 4 is 34.3 Å². The van der Waals surface area contributed by atoms with Crippen LogP contribution < -0.4 is 0 Å². The topological polar surface area (TPSA) is 12.4 Å². The van der Waals surface area contributed by atoms with E-state index in [1.807, 2.05) is 19.2 Å². The van der Waals surface area contributed by atoms with Gasteiger partial charge >= 0.3 is 0 Å². The zero-order chi connectivity index (χ0) is 19.8. The van der Waals surface area contributed by atoms with Crippen molar-refractivity contribution in [2.75, 3.05) is 0 Å².